The quantitative estimate of drug-likeness (QED) is 0.365. The average Bonchev–Trinajstić information content (AvgIpc) is 3.03. The van der Waals surface area contributed by atoms with E-state index >= 15 is 0 Å². The summed E-state index contributed by atoms with van der Waals surface area (Å²) in [5.74, 6) is 0.318. The fourth-order valence-corrected chi connectivity index (χ4v) is 4.60. The first kappa shape index (κ1) is 22.7. The molecule has 0 aliphatic carbocycles. The van der Waals surface area contributed by atoms with E-state index in [2.05, 4.69) is 0 Å². The van der Waals surface area contributed by atoms with Crippen molar-refractivity contribution in [2.75, 3.05) is 4.90 Å². The van der Waals surface area contributed by atoms with Crippen LogP contribution in [0, 0.1) is 12.3 Å². The number of hydrogen-bond acceptors (Lipinski definition) is 4. The number of benzene rings is 3. The summed E-state index contributed by atoms with van der Waals surface area (Å²) in [5, 5.41) is 10.1. The van der Waals surface area contributed by atoms with Crippen LogP contribution in [0.25, 0.3) is 6.08 Å². The molecule has 0 radical (unpaired) electrons. The number of aryl methyl sites for hydroxylation is 1. The second-order valence-corrected chi connectivity index (χ2v) is 9.33. The van der Waals surface area contributed by atoms with E-state index in [9.17, 15) is 4.79 Å². The second-order valence-electron chi connectivity index (χ2n) is 7.05. The summed E-state index contributed by atoms with van der Waals surface area (Å²) in [6.07, 6.45) is 1.73. The molecular formula is C24H17Cl3N2O2S. The highest BCUT2D eigenvalue weighted by molar-refractivity contribution is 8.19. The summed E-state index contributed by atoms with van der Waals surface area (Å²) in [7, 11) is 0. The Hall–Kier alpha value is -2.44. The van der Waals surface area contributed by atoms with Gasteiger partial charge in [-0.1, -0.05) is 65.1 Å². The van der Waals surface area contributed by atoms with Crippen molar-refractivity contribution in [3.63, 3.8) is 0 Å². The molecule has 0 spiro atoms. The molecular weight excluding hydrogens is 487 g/mol. The van der Waals surface area contributed by atoms with Gasteiger partial charge in [0, 0.05) is 26.2 Å². The predicted molar refractivity (Wildman–Crippen MR) is 134 cm³/mol. The molecule has 0 saturated carbocycles. The SMILES string of the molecule is Cc1ccc(N2C(=N)SC(=Cc3ccccc3OCc3ccc(Cl)cc3Cl)C2=O)cc1Cl. The summed E-state index contributed by atoms with van der Waals surface area (Å²) >= 11 is 19.5. The molecule has 1 N–H and O–H groups in total. The predicted octanol–water partition coefficient (Wildman–Crippen LogP) is 7.59. The number of rotatable bonds is 5. The van der Waals surface area contributed by atoms with Crippen LogP contribution in [0.5, 0.6) is 5.75 Å². The number of nitrogens with zero attached hydrogens (tertiary/aromatic N) is 1. The van der Waals surface area contributed by atoms with Gasteiger partial charge in [0.1, 0.15) is 12.4 Å². The minimum absolute atomic E-state index is 0.118. The Morgan fingerprint density at radius 3 is 2.56 bits per heavy atom. The second kappa shape index (κ2) is 9.59. The van der Waals surface area contributed by atoms with Gasteiger partial charge >= 0.3 is 0 Å². The number of amides is 1. The first-order valence-corrected chi connectivity index (χ1v) is 11.5. The van der Waals surface area contributed by atoms with E-state index in [0.29, 0.717) is 31.4 Å². The van der Waals surface area contributed by atoms with E-state index in [1.54, 1.807) is 30.3 Å². The van der Waals surface area contributed by atoms with Crippen LogP contribution >= 0.6 is 46.6 Å². The van der Waals surface area contributed by atoms with Gasteiger partial charge in [-0.15, -0.1) is 0 Å². The molecule has 0 atom stereocenters. The van der Waals surface area contributed by atoms with Crippen LogP contribution in [0.4, 0.5) is 5.69 Å². The molecule has 162 valence electrons. The fraction of sp³-hybridized carbons (Fsp3) is 0.0833. The van der Waals surface area contributed by atoms with Crippen molar-refractivity contribution in [3.8, 4) is 5.75 Å². The van der Waals surface area contributed by atoms with Gasteiger partial charge in [-0.3, -0.25) is 15.1 Å². The van der Waals surface area contributed by atoms with Crippen molar-refractivity contribution in [2.24, 2.45) is 0 Å². The molecule has 8 heteroatoms. The molecule has 1 amide bonds. The number of ether oxygens (including phenoxy) is 1. The standard InChI is InChI=1S/C24H17Cl3N2O2S/c1-14-6-9-18(12-19(14)26)29-23(30)22(32-24(29)28)10-15-4-2-3-5-21(15)31-13-16-7-8-17(25)11-20(16)27/h2-12,28H,13H2,1H3. The van der Waals surface area contributed by atoms with Crippen molar-refractivity contribution >= 4 is 69.4 Å². The maximum atomic E-state index is 13.1. The summed E-state index contributed by atoms with van der Waals surface area (Å²) in [6, 6.07) is 17.9. The fourth-order valence-electron chi connectivity index (χ4n) is 3.11. The van der Waals surface area contributed by atoms with Gasteiger partial charge in [-0.2, -0.15) is 0 Å². The van der Waals surface area contributed by atoms with E-state index in [1.807, 2.05) is 43.3 Å². The molecule has 1 fully saturated rings. The Morgan fingerprint density at radius 1 is 1.03 bits per heavy atom. The maximum absolute atomic E-state index is 13.1. The van der Waals surface area contributed by atoms with Gasteiger partial charge in [-0.25, -0.2) is 0 Å². The Balaban J connectivity index is 1.58. The van der Waals surface area contributed by atoms with Crippen molar-refractivity contribution in [2.45, 2.75) is 13.5 Å². The lowest BCUT2D eigenvalue weighted by molar-refractivity contribution is -0.113. The van der Waals surface area contributed by atoms with Gasteiger partial charge in [0.15, 0.2) is 5.17 Å². The average molecular weight is 504 g/mol. The first-order valence-electron chi connectivity index (χ1n) is 9.58. The normalized spacial score (nSPS) is 15.0. The van der Waals surface area contributed by atoms with E-state index in [0.717, 1.165) is 28.5 Å². The van der Waals surface area contributed by atoms with Crippen molar-refractivity contribution in [1.82, 2.24) is 0 Å². The van der Waals surface area contributed by atoms with Gasteiger partial charge in [0.2, 0.25) is 0 Å². The number of carbonyl (C=O) groups excluding carboxylic acids is 1. The number of carbonyl (C=O) groups is 1. The zero-order chi connectivity index (χ0) is 22.8. The lowest BCUT2D eigenvalue weighted by atomic mass is 10.1. The van der Waals surface area contributed by atoms with Crippen molar-refractivity contribution < 1.29 is 9.53 Å². The Kier molecular flexibility index (Phi) is 6.82. The number of halogens is 3. The highest BCUT2D eigenvalue weighted by atomic mass is 35.5. The van der Waals surface area contributed by atoms with E-state index in [1.165, 1.54) is 4.90 Å². The van der Waals surface area contributed by atoms with Crippen molar-refractivity contribution in [3.05, 3.63) is 97.3 Å². The molecule has 3 aromatic rings. The summed E-state index contributed by atoms with van der Waals surface area (Å²) in [4.78, 5) is 14.8. The van der Waals surface area contributed by atoms with Crippen LogP contribution in [0.15, 0.2) is 65.6 Å². The minimum atomic E-state index is -0.282. The molecule has 1 heterocycles. The molecule has 1 aliphatic heterocycles. The van der Waals surface area contributed by atoms with Gasteiger partial charge in [0.05, 0.1) is 10.6 Å². The topological polar surface area (TPSA) is 53.4 Å². The lowest BCUT2D eigenvalue weighted by Crippen LogP contribution is -2.28. The first-order chi connectivity index (χ1) is 15.3. The zero-order valence-electron chi connectivity index (χ0n) is 16.9. The smallest absolute Gasteiger partial charge is 0.271 e. The number of anilines is 1. The van der Waals surface area contributed by atoms with E-state index in [4.69, 9.17) is 44.9 Å². The third kappa shape index (κ3) is 4.81. The van der Waals surface area contributed by atoms with Gasteiger partial charge in [-0.05, 0) is 60.7 Å². The Bertz CT molecular complexity index is 1260. The minimum Gasteiger partial charge on any atom is -0.488 e. The molecule has 0 aromatic heterocycles. The Morgan fingerprint density at radius 2 is 1.81 bits per heavy atom. The molecule has 32 heavy (non-hydrogen) atoms. The van der Waals surface area contributed by atoms with E-state index < -0.39 is 0 Å². The highest BCUT2D eigenvalue weighted by Gasteiger charge is 2.34. The van der Waals surface area contributed by atoms with Crippen molar-refractivity contribution in [1.29, 1.82) is 5.41 Å². The van der Waals surface area contributed by atoms with Crippen LogP contribution in [0.2, 0.25) is 15.1 Å². The number of thioether (sulfide) groups is 1. The summed E-state index contributed by atoms with van der Waals surface area (Å²) < 4.78 is 5.98. The molecule has 0 bridgehead atoms. The largest absolute Gasteiger partial charge is 0.488 e. The van der Waals surface area contributed by atoms with E-state index in [-0.39, 0.29) is 17.7 Å². The molecule has 1 aliphatic rings. The molecule has 4 rings (SSSR count). The lowest BCUT2D eigenvalue weighted by Gasteiger charge is -2.15. The van der Waals surface area contributed by atoms with Crippen LogP contribution in [-0.4, -0.2) is 11.1 Å². The highest BCUT2D eigenvalue weighted by Crippen LogP contribution is 2.37. The number of para-hydroxylation sites is 1. The molecule has 0 unspecified atom stereocenters. The third-order valence-corrected chi connectivity index (χ3v) is 6.72. The third-order valence-electron chi connectivity index (χ3n) is 4.84. The van der Waals surface area contributed by atoms with Crippen LogP contribution in [0.1, 0.15) is 16.7 Å². The maximum Gasteiger partial charge on any atom is 0.271 e. The monoisotopic (exact) mass is 502 g/mol. The van der Waals surface area contributed by atoms with Crippen LogP contribution in [-0.2, 0) is 11.4 Å². The summed E-state index contributed by atoms with van der Waals surface area (Å²) in [6.45, 7) is 2.14. The molecule has 4 nitrogen and oxygen atoms in total. The van der Waals surface area contributed by atoms with Crippen LogP contribution < -0.4 is 9.64 Å². The molecule has 3 aromatic carbocycles. The summed E-state index contributed by atoms with van der Waals surface area (Å²) in [5.41, 5.74) is 3.00. The zero-order valence-corrected chi connectivity index (χ0v) is 19.9. The molecule has 1 saturated heterocycles. The number of nitrogens with one attached hydrogen (secondary N) is 1. The van der Waals surface area contributed by atoms with Crippen LogP contribution in [0.3, 0.4) is 0 Å². The van der Waals surface area contributed by atoms with Gasteiger partial charge < -0.3 is 4.74 Å². The van der Waals surface area contributed by atoms with Gasteiger partial charge in [0.25, 0.3) is 5.91 Å². The number of hydrogen-bond donors (Lipinski definition) is 1. The number of amidine groups is 1. The Labute approximate surface area is 205 Å².